The fourth-order valence-electron chi connectivity index (χ4n) is 1.74. The van der Waals surface area contributed by atoms with Gasteiger partial charge in [-0.3, -0.25) is 4.79 Å². The number of ether oxygens (including phenoxy) is 2. The van der Waals surface area contributed by atoms with E-state index in [2.05, 4.69) is 10.3 Å². The molecule has 0 unspecified atom stereocenters. The fraction of sp³-hybridized carbons (Fsp3) is 0.286. The lowest BCUT2D eigenvalue weighted by Crippen LogP contribution is -1.90. The Kier molecular flexibility index (Phi) is 6.48. The van der Waals surface area contributed by atoms with Crippen LogP contribution in [0.4, 0.5) is 5.13 Å². The number of methoxy groups -OCH3 is 2. The van der Waals surface area contributed by atoms with E-state index < -0.39 is 0 Å². The van der Waals surface area contributed by atoms with Crippen molar-refractivity contribution >= 4 is 22.9 Å². The van der Waals surface area contributed by atoms with Gasteiger partial charge < -0.3 is 19.9 Å². The molecule has 7 heteroatoms. The molecule has 0 aliphatic carbocycles. The van der Waals surface area contributed by atoms with Gasteiger partial charge in [0.2, 0.25) is 0 Å². The van der Waals surface area contributed by atoms with Crippen molar-refractivity contribution in [3.05, 3.63) is 23.9 Å². The van der Waals surface area contributed by atoms with Gasteiger partial charge in [-0.2, -0.15) is 0 Å². The molecule has 0 aliphatic heterocycles. The van der Waals surface area contributed by atoms with Gasteiger partial charge in [-0.15, -0.1) is 0 Å². The minimum absolute atomic E-state index is 0.250. The van der Waals surface area contributed by atoms with Crippen molar-refractivity contribution in [2.75, 3.05) is 26.6 Å². The van der Waals surface area contributed by atoms with E-state index in [1.54, 1.807) is 25.6 Å². The number of nitrogens with one attached hydrogen (secondary N) is 1. The van der Waals surface area contributed by atoms with E-state index >= 15 is 0 Å². The summed E-state index contributed by atoms with van der Waals surface area (Å²) in [5.41, 5.74) is 2.03. The normalized spacial score (nSPS) is 9.33. The second-order valence-corrected chi connectivity index (χ2v) is 4.85. The van der Waals surface area contributed by atoms with E-state index in [-0.39, 0.29) is 6.47 Å². The van der Waals surface area contributed by atoms with Crippen molar-refractivity contribution in [2.45, 2.75) is 6.92 Å². The summed E-state index contributed by atoms with van der Waals surface area (Å²) in [7, 11) is 5.17. The third-order valence-electron chi connectivity index (χ3n) is 2.66. The molecule has 2 rings (SSSR count). The van der Waals surface area contributed by atoms with Crippen LogP contribution in [0.25, 0.3) is 10.4 Å². The first-order valence-corrected chi connectivity index (χ1v) is 6.88. The minimum Gasteiger partial charge on any atom is -0.497 e. The third-order valence-corrected chi connectivity index (χ3v) is 3.87. The summed E-state index contributed by atoms with van der Waals surface area (Å²) >= 11 is 1.61. The van der Waals surface area contributed by atoms with Gasteiger partial charge in [0, 0.05) is 18.7 Å². The van der Waals surface area contributed by atoms with Gasteiger partial charge >= 0.3 is 0 Å². The van der Waals surface area contributed by atoms with Gasteiger partial charge in [0.1, 0.15) is 11.5 Å². The fourth-order valence-corrected chi connectivity index (χ4v) is 2.69. The number of hydrogen-bond donors (Lipinski definition) is 2. The maximum absolute atomic E-state index is 8.36. The average molecular weight is 310 g/mol. The summed E-state index contributed by atoms with van der Waals surface area (Å²) in [5.74, 6) is 1.58. The summed E-state index contributed by atoms with van der Waals surface area (Å²) < 4.78 is 10.6. The van der Waals surface area contributed by atoms with Crippen molar-refractivity contribution in [3.63, 3.8) is 0 Å². The summed E-state index contributed by atoms with van der Waals surface area (Å²) in [6, 6.07) is 5.81. The van der Waals surface area contributed by atoms with Crippen LogP contribution in [-0.4, -0.2) is 37.8 Å². The zero-order chi connectivity index (χ0) is 15.8. The molecule has 0 radical (unpaired) electrons. The molecule has 1 heterocycles. The van der Waals surface area contributed by atoms with Gasteiger partial charge in [0.05, 0.1) is 24.8 Å². The van der Waals surface area contributed by atoms with E-state index in [0.717, 1.165) is 32.8 Å². The van der Waals surface area contributed by atoms with E-state index in [1.807, 2.05) is 32.2 Å². The molecular formula is C14H18N2O4S. The van der Waals surface area contributed by atoms with E-state index in [4.69, 9.17) is 19.4 Å². The number of carbonyl (C=O) groups is 1. The smallest absolute Gasteiger partial charge is 0.290 e. The SMILES string of the molecule is CNc1nc(C)c(-c2ccc(OC)cc2OC)s1.O=CO. The molecule has 0 bridgehead atoms. The number of aryl methyl sites for hydroxylation is 1. The zero-order valence-electron chi connectivity index (χ0n) is 12.3. The quantitative estimate of drug-likeness (QED) is 0.845. The molecule has 1 aromatic heterocycles. The van der Waals surface area contributed by atoms with Crippen LogP contribution in [0.1, 0.15) is 5.69 Å². The van der Waals surface area contributed by atoms with Crippen molar-refractivity contribution in [1.82, 2.24) is 4.98 Å². The van der Waals surface area contributed by atoms with Gasteiger partial charge in [0.25, 0.3) is 6.47 Å². The molecular weight excluding hydrogens is 292 g/mol. The molecule has 0 spiro atoms. The zero-order valence-corrected chi connectivity index (χ0v) is 13.2. The van der Waals surface area contributed by atoms with Crippen LogP contribution in [-0.2, 0) is 4.79 Å². The van der Waals surface area contributed by atoms with Crippen LogP contribution in [0, 0.1) is 6.92 Å². The van der Waals surface area contributed by atoms with Crippen LogP contribution < -0.4 is 14.8 Å². The van der Waals surface area contributed by atoms with Crippen LogP contribution in [0.3, 0.4) is 0 Å². The van der Waals surface area contributed by atoms with Crippen molar-refractivity contribution < 1.29 is 19.4 Å². The number of aromatic nitrogens is 1. The maximum atomic E-state index is 8.36. The van der Waals surface area contributed by atoms with E-state index in [0.29, 0.717) is 0 Å². The van der Waals surface area contributed by atoms with Crippen LogP contribution >= 0.6 is 11.3 Å². The summed E-state index contributed by atoms with van der Waals surface area (Å²) in [6.45, 7) is 1.75. The lowest BCUT2D eigenvalue weighted by Gasteiger charge is -2.09. The van der Waals surface area contributed by atoms with Crippen LogP contribution in [0.2, 0.25) is 0 Å². The Morgan fingerprint density at radius 2 is 2.00 bits per heavy atom. The first kappa shape index (κ1) is 16.8. The van der Waals surface area contributed by atoms with Crippen LogP contribution in [0.15, 0.2) is 18.2 Å². The Balaban J connectivity index is 0.000000677. The summed E-state index contributed by atoms with van der Waals surface area (Å²) in [6.07, 6.45) is 0. The minimum atomic E-state index is -0.250. The van der Waals surface area contributed by atoms with E-state index in [1.165, 1.54) is 0 Å². The molecule has 21 heavy (non-hydrogen) atoms. The highest BCUT2D eigenvalue weighted by molar-refractivity contribution is 7.19. The molecule has 0 fully saturated rings. The lowest BCUT2D eigenvalue weighted by molar-refractivity contribution is -0.122. The predicted octanol–water partition coefficient (Wildman–Crippen LogP) is 2.88. The molecule has 2 aromatic rings. The second-order valence-electron chi connectivity index (χ2n) is 3.86. The summed E-state index contributed by atoms with van der Waals surface area (Å²) in [4.78, 5) is 13.9. The molecule has 0 aliphatic rings. The van der Waals surface area contributed by atoms with Crippen molar-refractivity contribution in [1.29, 1.82) is 0 Å². The maximum Gasteiger partial charge on any atom is 0.290 e. The Morgan fingerprint density at radius 3 is 2.48 bits per heavy atom. The Morgan fingerprint density at radius 1 is 1.33 bits per heavy atom. The average Bonchev–Trinajstić information content (AvgIpc) is 2.88. The Hall–Kier alpha value is -2.28. The number of anilines is 1. The molecule has 1 aromatic carbocycles. The summed E-state index contributed by atoms with van der Waals surface area (Å²) in [5, 5.41) is 10.9. The van der Waals surface area contributed by atoms with E-state index in [9.17, 15) is 0 Å². The highest BCUT2D eigenvalue weighted by Gasteiger charge is 2.14. The van der Waals surface area contributed by atoms with Crippen molar-refractivity contribution in [3.8, 4) is 21.9 Å². The van der Waals surface area contributed by atoms with Crippen LogP contribution in [0.5, 0.6) is 11.5 Å². The number of thiazole rings is 1. The molecule has 0 atom stereocenters. The number of rotatable bonds is 4. The second kappa shape index (κ2) is 8.11. The molecule has 0 saturated heterocycles. The molecule has 114 valence electrons. The third kappa shape index (κ3) is 4.09. The number of nitrogens with zero attached hydrogens (tertiary/aromatic N) is 1. The highest BCUT2D eigenvalue weighted by atomic mass is 32.1. The predicted molar refractivity (Wildman–Crippen MR) is 83.6 cm³/mol. The van der Waals surface area contributed by atoms with Gasteiger partial charge in [-0.1, -0.05) is 11.3 Å². The Bertz CT molecular complexity index is 599. The van der Waals surface area contributed by atoms with Gasteiger partial charge in [0.15, 0.2) is 5.13 Å². The number of benzene rings is 1. The number of hydrogen-bond acceptors (Lipinski definition) is 6. The first-order chi connectivity index (χ1) is 10.1. The lowest BCUT2D eigenvalue weighted by atomic mass is 10.1. The largest absolute Gasteiger partial charge is 0.497 e. The standard InChI is InChI=1S/C13H16N2O2S.CH2O2/c1-8-12(18-13(14-2)15-8)10-6-5-9(16-3)7-11(10)17-4;2-1-3/h5-7H,1-4H3,(H,14,15);1H,(H,2,3). The van der Waals surface area contributed by atoms with Gasteiger partial charge in [-0.05, 0) is 19.1 Å². The molecule has 0 saturated carbocycles. The Labute approximate surface area is 127 Å². The van der Waals surface area contributed by atoms with Gasteiger partial charge in [-0.25, -0.2) is 4.98 Å². The topological polar surface area (TPSA) is 80.7 Å². The number of carboxylic acid groups (broad SMARTS) is 1. The first-order valence-electron chi connectivity index (χ1n) is 6.06. The monoisotopic (exact) mass is 310 g/mol. The highest BCUT2D eigenvalue weighted by Crippen LogP contribution is 2.39. The molecule has 6 nitrogen and oxygen atoms in total. The van der Waals surface area contributed by atoms with Crippen molar-refractivity contribution in [2.24, 2.45) is 0 Å². The molecule has 2 N–H and O–H groups in total. The molecule has 0 amide bonds.